The molecular weight excluding hydrogens is 497 g/mol. The third kappa shape index (κ3) is 312. The minimum absolute atomic E-state index is 0. The maximum absolute atomic E-state index is 8.43. The first-order valence-electron chi connectivity index (χ1n) is 10.2. The Morgan fingerprint density at radius 1 is 0.727 bits per heavy atom. The first-order chi connectivity index (χ1) is 14.3. The molecule has 0 aliphatic heterocycles. The predicted octanol–water partition coefficient (Wildman–Crippen LogP) is 3.42. The predicted molar refractivity (Wildman–Crippen MR) is 146 cm³/mol. The standard InChI is InChI=1S/C4H10NO.2C4H9N.C3H8NO.2C3H9N.C2H6O.Y/c1-4(2)5(3)6;2*1-4(2)5-3;1-3-4(2)5;2*1-4(2)3;1-3-2;/h6H,1-3H3;2*1-3H3;3,5H,1-2H3;2*1-3H3;1-2H3;/q+1;;;+1;;;;/b;;;4-3-;;;;. The molecule has 0 fully saturated rings. The summed E-state index contributed by atoms with van der Waals surface area (Å²) < 4.78 is 6.33. The molecule has 0 amide bonds. The molecule has 33 heavy (non-hydrogen) atoms. The fraction of sp³-hybridized carbons (Fsp3) is 0.826. The van der Waals surface area contributed by atoms with E-state index in [-0.39, 0.29) is 32.7 Å². The topological polar surface area (TPSA) is 86.9 Å². The van der Waals surface area contributed by atoms with E-state index >= 15 is 0 Å². The van der Waals surface area contributed by atoms with Crippen molar-refractivity contribution < 1.29 is 57.3 Å². The van der Waals surface area contributed by atoms with Crippen LogP contribution in [0.3, 0.4) is 0 Å². The van der Waals surface area contributed by atoms with E-state index in [2.05, 4.69) is 14.7 Å². The van der Waals surface area contributed by atoms with Crippen LogP contribution in [-0.2, 0) is 37.4 Å². The van der Waals surface area contributed by atoms with Crippen molar-refractivity contribution in [2.45, 2.75) is 48.5 Å². The average molecular weight is 558 g/mol. The molecule has 9 nitrogen and oxygen atoms in total. The van der Waals surface area contributed by atoms with Gasteiger partial charge in [-0.25, -0.2) is 0 Å². The SMILES string of the molecule is C/C=[N+](/C)O.CC(C)=[N+](C)O.CN(C)C.CN(C)C.CN=C(C)C.CN=C(C)C.COC.[Y]. The van der Waals surface area contributed by atoms with E-state index < -0.39 is 0 Å². The second-order valence-corrected chi connectivity index (χ2v) is 7.74. The van der Waals surface area contributed by atoms with Gasteiger partial charge in [-0.1, -0.05) is 0 Å². The number of rotatable bonds is 0. The molecule has 0 aromatic heterocycles. The smallest absolute Gasteiger partial charge is 0.197 e. The van der Waals surface area contributed by atoms with Gasteiger partial charge in [0.25, 0.3) is 0 Å². The zero-order valence-corrected chi connectivity index (χ0v) is 28.5. The Morgan fingerprint density at radius 3 is 0.818 bits per heavy atom. The van der Waals surface area contributed by atoms with Crippen molar-refractivity contribution in [2.75, 3.05) is 84.7 Å². The van der Waals surface area contributed by atoms with Crippen LogP contribution in [0.5, 0.6) is 0 Å². The molecule has 10 heteroatoms. The van der Waals surface area contributed by atoms with Crippen LogP contribution in [0.1, 0.15) is 48.5 Å². The minimum atomic E-state index is 0. The molecule has 0 aliphatic rings. The zero-order chi connectivity index (χ0) is 27.9. The van der Waals surface area contributed by atoms with E-state index in [0.29, 0.717) is 0 Å². The zero-order valence-electron chi connectivity index (χ0n) is 25.6. The first-order valence-corrected chi connectivity index (χ1v) is 10.2. The van der Waals surface area contributed by atoms with E-state index in [1.807, 2.05) is 93.6 Å². The molecule has 0 aliphatic carbocycles. The third-order valence-corrected chi connectivity index (χ3v) is 1.92. The Bertz CT molecular complexity index is 386. The van der Waals surface area contributed by atoms with Crippen molar-refractivity contribution >= 4 is 23.3 Å². The molecule has 0 heterocycles. The molecule has 0 aromatic carbocycles. The molecular formula is C23H60N6O3Y+2. The van der Waals surface area contributed by atoms with Gasteiger partial charge >= 0.3 is 0 Å². The van der Waals surface area contributed by atoms with E-state index in [1.54, 1.807) is 55.5 Å². The van der Waals surface area contributed by atoms with Gasteiger partial charge in [0, 0.05) is 93.2 Å². The summed E-state index contributed by atoms with van der Waals surface area (Å²) in [5.74, 6) is 0. The van der Waals surface area contributed by atoms with Crippen LogP contribution >= 0.6 is 0 Å². The average Bonchev–Trinajstić information content (AvgIpc) is 2.62. The van der Waals surface area contributed by atoms with Gasteiger partial charge in [0.2, 0.25) is 0 Å². The molecule has 0 atom stereocenters. The Morgan fingerprint density at radius 2 is 0.818 bits per heavy atom. The van der Waals surface area contributed by atoms with Crippen molar-refractivity contribution in [1.29, 1.82) is 0 Å². The molecule has 2 N–H and O–H groups in total. The van der Waals surface area contributed by atoms with Crippen molar-refractivity contribution in [2.24, 2.45) is 9.98 Å². The van der Waals surface area contributed by atoms with Gasteiger partial charge < -0.3 is 14.5 Å². The molecule has 0 aromatic rings. The van der Waals surface area contributed by atoms with Crippen LogP contribution in [0, 0.1) is 0 Å². The fourth-order valence-electron chi connectivity index (χ4n) is 0. The molecule has 0 rings (SSSR count). The van der Waals surface area contributed by atoms with Crippen LogP contribution in [0.2, 0.25) is 0 Å². The van der Waals surface area contributed by atoms with Gasteiger partial charge in [0.1, 0.15) is 0 Å². The minimum Gasteiger partial charge on any atom is -0.388 e. The van der Waals surface area contributed by atoms with Crippen LogP contribution in [0.4, 0.5) is 0 Å². The van der Waals surface area contributed by atoms with Gasteiger partial charge in [-0.3, -0.25) is 20.4 Å². The molecule has 0 bridgehead atoms. The van der Waals surface area contributed by atoms with Crippen molar-refractivity contribution in [3.05, 3.63) is 0 Å². The molecule has 1 radical (unpaired) electrons. The van der Waals surface area contributed by atoms with E-state index in [1.165, 1.54) is 0 Å². The summed E-state index contributed by atoms with van der Waals surface area (Å²) in [5, 5.41) is 16.6. The monoisotopic (exact) mass is 557 g/mol. The Kier molecular flexibility index (Phi) is 78.9. The van der Waals surface area contributed by atoms with Crippen LogP contribution in [0.25, 0.3) is 0 Å². The van der Waals surface area contributed by atoms with E-state index in [4.69, 9.17) is 10.4 Å². The van der Waals surface area contributed by atoms with Gasteiger partial charge in [-0.2, -0.15) is 0 Å². The van der Waals surface area contributed by atoms with Crippen molar-refractivity contribution in [3.8, 4) is 0 Å². The van der Waals surface area contributed by atoms with Crippen LogP contribution in [-0.4, -0.2) is 138 Å². The fourth-order valence-corrected chi connectivity index (χ4v) is 0. The normalized spacial score (nSPS) is 8.09. The summed E-state index contributed by atoms with van der Waals surface area (Å²) in [4.78, 5) is 11.6. The van der Waals surface area contributed by atoms with Crippen molar-refractivity contribution in [3.63, 3.8) is 0 Å². The van der Waals surface area contributed by atoms with Gasteiger partial charge in [-0.05, 0) is 79.5 Å². The number of hydrogen-bond donors (Lipinski definition) is 2. The molecule has 0 spiro atoms. The van der Waals surface area contributed by atoms with E-state index in [0.717, 1.165) is 26.6 Å². The number of nitrogens with zero attached hydrogens (tertiary/aromatic N) is 6. The van der Waals surface area contributed by atoms with Crippen LogP contribution in [0.15, 0.2) is 9.98 Å². The van der Waals surface area contributed by atoms with E-state index in [9.17, 15) is 0 Å². The Hall–Kier alpha value is -0.736. The van der Waals surface area contributed by atoms with Gasteiger partial charge in [0.05, 0.1) is 0 Å². The summed E-state index contributed by atoms with van der Waals surface area (Å²) in [6.07, 6.45) is 1.56. The maximum Gasteiger partial charge on any atom is 0.197 e. The quantitative estimate of drug-likeness (QED) is 0.206. The first kappa shape index (κ1) is 53.6. The summed E-state index contributed by atoms with van der Waals surface area (Å²) in [5.41, 5.74) is 3.16. The number of methoxy groups -OCH3 is 1. The maximum atomic E-state index is 8.43. The summed E-state index contributed by atoms with van der Waals surface area (Å²) in [6, 6.07) is 0. The molecule has 201 valence electrons. The van der Waals surface area contributed by atoms with Crippen LogP contribution < -0.4 is 0 Å². The summed E-state index contributed by atoms with van der Waals surface area (Å²) in [6.45, 7) is 13.3. The second-order valence-electron chi connectivity index (χ2n) is 7.74. The Balaban J connectivity index is -0.0000000370. The number of aliphatic imine (C=N–C) groups is 2. The molecule has 0 saturated heterocycles. The van der Waals surface area contributed by atoms with Gasteiger partial charge in [0.15, 0.2) is 26.0 Å². The Labute approximate surface area is 232 Å². The largest absolute Gasteiger partial charge is 0.388 e. The number of hydroxylamine groups is 2. The molecule has 0 saturated carbocycles. The second kappa shape index (κ2) is 48.6. The summed E-state index contributed by atoms with van der Waals surface area (Å²) >= 11 is 0. The van der Waals surface area contributed by atoms with Gasteiger partial charge in [-0.15, -0.1) is 0 Å². The molecule has 0 unspecified atom stereocenters. The number of ether oxygens (including phenoxy) is 1. The third-order valence-electron chi connectivity index (χ3n) is 1.92. The number of hydrogen-bond acceptors (Lipinski definition) is 7. The summed E-state index contributed by atoms with van der Waals surface area (Å²) in [7, 11) is 22.0. The van der Waals surface area contributed by atoms with Crippen molar-refractivity contribution in [1.82, 2.24) is 9.80 Å².